The fourth-order valence-corrected chi connectivity index (χ4v) is 3.08. The van der Waals surface area contributed by atoms with Gasteiger partial charge in [-0.1, -0.05) is 13.3 Å². The predicted molar refractivity (Wildman–Crippen MR) is 72.7 cm³/mol. The number of halogens is 1. The van der Waals surface area contributed by atoms with Crippen molar-refractivity contribution >= 4 is 11.1 Å². The Balaban J connectivity index is 2.04. The van der Waals surface area contributed by atoms with Gasteiger partial charge in [-0.2, -0.15) is 0 Å². The first-order valence-electron chi connectivity index (χ1n) is 7.01. The van der Waals surface area contributed by atoms with Crippen LogP contribution in [-0.2, 0) is 5.41 Å². The SMILES string of the molecule is CCCC1(c2nc3cc(F)ccc3o2)CCCNC1. The molecule has 1 saturated heterocycles. The Morgan fingerprint density at radius 3 is 3.11 bits per heavy atom. The smallest absolute Gasteiger partial charge is 0.202 e. The number of fused-ring (bicyclic) bond motifs is 1. The zero-order valence-corrected chi connectivity index (χ0v) is 11.2. The van der Waals surface area contributed by atoms with E-state index in [1.54, 1.807) is 6.07 Å². The summed E-state index contributed by atoms with van der Waals surface area (Å²) >= 11 is 0. The topological polar surface area (TPSA) is 38.1 Å². The maximum Gasteiger partial charge on any atom is 0.202 e. The lowest BCUT2D eigenvalue weighted by molar-refractivity contribution is 0.239. The fourth-order valence-electron chi connectivity index (χ4n) is 3.08. The summed E-state index contributed by atoms with van der Waals surface area (Å²) in [5.41, 5.74) is 1.27. The summed E-state index contributed by atoms with van der Waals surface area (Å²) in [5, 5.41) is 3.44. The van der Waals surface area contributed by atoms with E-state index in [0.29, 0.717) is 11.1 Å². The molecule has 3 rings (SSSR count). The van der Waals surface area contributed by atoms with Gasteiger partial charge in [0.1, 0.15) is 11.3 Å². The summed E-state index contributed by atoms with van der Waals surface area (Å²) in [6.07, 6.45) is 4.36. The molecule has 1 N–H and O–H groups in total. The van der Waals surface area contributed by atoms with E-state index in [-0.39, 0.29) is 11.2 Å². The van der Waals surface area contributed by atoms with Crippen molar-refractivity contribution in [2.75, 3.05) is 13.1 Å². The van der Waals surface area contributed by atoms with Crippen LogP contribution in [0.4, 0.5) is 4.39 Å². The molecular weight excluding hydrogens is 243 g/mol. The third kappa shape index (κ3) is 2.25. The van der Waals surface area contributed by atoms with E-state index in [2.05, 4.69) is 17.2 Å². The molecule has 3 nitrogen and oxygen atoms in total. The van der Waals surface area contributed by atoms with Crippen LogP contribution in [0.25, 0.3) is 11.1 Å². The van der Waals surface area contributed by atoms with Crippen molar-refractivity contribution < 1.29 is 8.81 Å². The van der Waals surface area contributed by atoms with Crippen LogP contribution in [0.3, 0.4) is 0 Å². The molecule has 0 aliphatic carbocycles. The van der Waals surface area contributed by atoms with Crippen LogP contribution in [0, 0.1) is 5.82 Å². The highest BCUT2D eigenvalue weighted by atomic mass is 19.1. The second-order valence-electron chi connectivity index (χ2n) is 5.44. The van der Waals surface area contributed by atoms with Gasteiger partial charge in [-0.3, -0.25) is 0 Å². The third-order valence-electron chi connectivity index (χ3n) is 4.00. The van der Waals surface area contributed by atoms with Gasteiger partial charge in [0.15, 0.2) is 5.58 Å². The van der Waals surface area contributed by atoms with E-state index < -0.39 is 0 Å². The fraction of sp³-hybridized carbons (Fsp3) is 0.533. The van der Waals surface area contributed by atoms with Gasteiger partial charge >= 0.3 is 0 Å². The molecule has 2 heterocycles. The molecule has 1 fully saturated rings. The highest BCUT2D eigenvalue weighted by molar-refractivity contribution is 5.72. The molecule has 1 aliphatic rings. The summed E-state index contributed by atoms with van der Waals surface area (Å²) in [6, 6.07) is 4.53. The maximum atomic E-state index is 13.2. The minimum absolute atomic E-state index is 0.0253. The van der Waals surface area contributed by atoms with E-state index in [4.69, 9.17) is 4.42 Å². The van der Waals surface area contributed by atoms with Gasteiger partial charge in [0.2, 0.25) is 5.89 Å². The molecule has 102 valence electrons. The van der Waals surface area contributed by atoms with Crippen molar-refractivity contribution in [1.82, 2.24) is 10.3 Å². The molecule has 1 aliphatic heterocycles. The second-order valence-corrected chi connectivity index (χ2v) is 5.44. The average molecular weight is 262 g/mol. The lowest BCUT2D eigenvalue weighted by atomic mass is 9.77. The van der Waals surface area contributed by atoms with Crippen molar-refractivity contribution in [1.29, 1.82) is 0 Å². The van der Waals surface area contributed by atoms with E-state index in [9.17, 15) is 4.39 Å². The van der Waals surface area contributed by atoms with Crippen LogP contribution < -0.4 is 5.32 Å². The zero-order valence-electron chi connectivity index (χ0n) is 11.2. The van der Waals surface area contributed by atoms with Crippen LogP contribution in [0.2, 0.25) is 0 Å². The molecular formula is C15H19FN2O. The lowest BCUT2D eigenvalue weighted by Crippen LogP contribution is -2.43. The van der Waals surface area contributed by atoms with Crippen LogP contribution in [0.5, 0.6) is 0 Å². The summed E-state index contributed by atoms with van der Waals surface area (Å²) < 4.78 is 19.1. The van der Waals surface area contributed by atoms with Gasteiger partial charge in [0.05, 0.1) is 5.41 Å². The largest absolute Gasteiger partial charge is 0.440 e. The normalized spacial score (nSPS) is 23.9. The molecule has 0 spiro atoms. The van der Waals surface area contributed by atoms with E-state index in [1.165, 1.54) is 12.1 Å². The van der Waals surface area contributed by atoms with Crippen molar-refractivity contribution in [3.63, 3.8) is 0 Å². The zero-order chi connectivity index (χ0) is 13.3. The third-order valence-corrected chi connectivity index (χ3v) is 4.00. The summed E-state index contributed by atoms with van der Waals surface area (Å²) in [6.45, 7) is 4.13. The summed E-state index contributed by atoms with van der Waals surface area (Å²) in [5.74, 6) is 0.501. The standard InChI is InChI=1S/C15H19FN2O/c1-2-6-15(7-3-8-17-10-15)14-18-12-9-11(16)4-5-13(12)19-14/h4-5,9,17H,2-3,6-8,10H2,1H3. The van der Waals surface area contributed by atoms with Gasteiger partial charge < -0.3 is 9.73 Å². The quantitative estimate of drug-likeness (QED) is 0.921. The Bertz CT molecular complexity index is 567. The van der Waals surface area contributed by atoms with Crippen LogP contribution in [-0.4, -0.2) is 18.1 Å². The number of piperidine rings is 1. The molecule has 1 aromatic carbocycles. The van der Waals surface area contributed by atoms with Gasteiger partial charge in [-0.25, -0.2) is 9.37 Å². The number of benzene rings is 1. The molecule has 4 heteroatoms. The molecule has 1 unspecified atom stereocenters. The van der Waals surface area contributed by atoms with E-state index in [0.717, 1.165) is 44.7 Å². The second kappa shape index (κ2) is 4.93. The minimum Gasteiger partial charge on any atom is -0.440 e. The van der Waals surface area contributed by atoms with Gasteiger partial charge in [0, 0.05) is 12.6 Å². The summed E-state index contributed by atoms with van der Waals surface area (Å²) in [4.78, 5) is 4.54. The monoisotopic (exact) mass is 262 g/mol. The van der Waals surface area contributed by atoms with Crippen LogP contribution >= 0.6 is 0 Å². The number of nitrogens with one attached hydrogen (secondary N) is 1. The highest BCUT2D eigenvalue weighted by Gasteiger charge is 2.37. The summed E-state index contributed by atoms with van der Waals surface area (Å²) in [7, 11) is 0. The Morgan fingerprint density at radius 1 is 1.47 bits per heavy atom. The Labute approximate surface area is 112 Å². The van der Waals surface area contributed by atoms with Crippen molar-refractivity contribution in [3.8, 4) is 0 Å². The first-order valence-corrected chi connectivity index (χ1v) is 7.01. The maximum absolute atomic E-state index is 13.2. The average Bonchev–Trinajstić information content (AvgIpc) is 2.83. The molecule has 1 aromatic heterocycles. The Morgan fingerprint density at radius 2 is 2.37 bits per heavy atom. The molecule has 0 radical (unpaired) electrons. The van der Waals surface area contributed by atoms with Crippen LogP contribution in [0.15, 0.2) is 22.6 Å². The molecule has 0 saturated carbocycles. The van der Waals surface area contributed by atoms with Gasteiger partial charge in [-0.15, -0.1) is 0 Å². The minimum atomic E-state index is -0.265. The lowest BCUT2D eigenvalue weighted by Gasteiger charge is -2.34. The molecule has 0 bridgehead atoms. The molecule has 1 atom stereocenters. The Hall–Kier alpha value is -1.42. The number of hydrogen-bond acceptors (Lipinski definition) is 3. The van der Waals surface area contributed by atoms with E-state index in [1.807, 2.05) is 0 Å². The van der Waals surface area contributed by atoms with Gasteiger partial charge in [-0.05, 0) is 37.9 Å². The van der Waals surface area contributed by atoms with Crippen molar-refractivity contribution in [2.24, 2.45) is 0 Å². The Kier molecular flexibility index (Phi) is 3.27. The molecule has 2 aromatic rings. The number of nitrogens with zero attached hydrogens (tertiary/aromatic N) is 1. The van der Waals surface area contributed by atoms with E-state index >= 15 is 0 Å². The number of oxazole rings is 1. The van der Waals surface area contributed by atoms with Crippen molar-refractivity contribution in [2.45, 2.75) is 38.0 Å². The first kappa shape index (κ1) is 12.6. The number of aromatic nitrogens is 1. The molecule has 0 amide bonds. The predicted octanol–water partition coefficient (Wildman–Crippen LogP) is 3.39. The van der Waals surface area contributed by atoms with Gasteiger partial charge in [0.25, 0.3) is 0 Å². The first-order chi connectivity index (χ1) is 9.23. The van der Waals surface area contributed by atoms with Crippen molar-refractivity contribution in [3.05, 3.63) is 29.9 Å². The highest BCUT2D eigenvalue weighted by Crippen LogP contribution is 2.36. The molecule has 19 heavy (non-hydrogen) atoms. The van der Waals surface area contributed by atoms with Crippen LogP contribution in [0.1, 0.15) is 38.5 Å². The number of hydrogen-bond donors (Lipinski definition) is 1. The number of rotatable bonds is 3.